The standard InChI is InChI=1S/C22H19ClN6O3S/c1-30-17-5-3-6-18(31-2)20(17)29-21(19-7-4-9-32-19)26-27-22(29)28-33-10-8-16-14(12-24)11-15(23)13-25-16/h3-7,9,11,13H,8,10H2,1-2H3,(H,27,28). The van der Waals surface area contributed by atoms with Gasteiger partial charge in [0.2, 0.25) is 11.8 Å². The Labute approximate surface area is 199 Å². The number of halogens is 1. The summed E-state index contributed by atoms with van der Waals surface area (Å²) < 4.78 is 21.8. The molecule has 33 heavy (non-hydrogen) atoms. The third kappa shape index (κ3) is 4.74. The summed E-state index contributed by atoms with van der Waals surface area (Å²) >= 11 is 7.33. The highest BCUT2D eigenvalue weighted by Gasteiger charge is 2.23. The maximum absolute atomic E-state index is 9.31. The van der Waals surface area contributed by atoms with E-state index in [1.165, 1.54) is 18.1 Å². The molecule has 0 saturated carbocycles. The van der Waals surface area contributed by atoms with Crippen LogP contribution >= 0.6 is 23.5 Å². The Morgan fingerprint density at radius 2 is 1.97 bits per heavy atom. The van der Waals surface area contributed by atoms with Crippen LogP contribution in [0.15, 0.2) is 53.3 Å². The quantitative estimate of drug-likeness (QED) is 0.266. The van der Waals surface area contributed by atoms with Crippen LogP contribution in [-0.2, 0) is 6.42 Å². The summed E-state index contributed by atoms with van der Waals surface area (Å²) in [4.78, 5) is 4.27. The lowest BCUT2D eigenvalue weighted by atomic mass is 10.2. The van der Waals surface area contributed by atoms with Crippen molar-refractivity contribution in [3.63, 3.8) is 0 Å². The third-order valence-corrected chi connectivity index (χ3v) is 5.63. The van der Waals surface area contributed by atoms with Gasteiger partial charge in [-0.05, 0) is 42.3 Å². The number of ether oxygens (including phenoxy) is 2. The fraction of sp³-hybridized carbons (Fsp3) is 0.182. The molecule has 3 heterocycles. The van der Waals surface area contributed by atoms with Crippen LogP contribution in [0.25, 0.3) is 17.3 Å². The van der Waals surface area contributed by atoms with Crippen molar-refractivity contribution in [2.24, 2.45) is 0 Å². The molecule has 0 bridgehead atoms. The van der Waals surface area contributed by atoms with E-state index in [0.29, 0.717) is 63.2 Å². The van der Waals surface area contributed by atoms with Gasteiger partial charge in [0.25, 0.3) is 0 Å². The van der Waals surface area contributed by atoms with Crippen LogP contribution in [0.1, 0.15) is 11.3 Å². The number of nitriles is 1. The van der Waals surface area contributed by atoms with Crippen LogP contribution in [0.5, 0.6) is 11.5 Å². The summed E-state index contributed by atoms with van der Waals surface area (Å²) in [5.74, 6) is 3.27. The van der Waals surface area contributed by atoms with Gasteiger partial charge in [-0.15, -0.1) is 10.2 Å². The molecule has 4 aromatic rings. The van der Waals surface area contributed by atoms with E-state index in [1.807, 2.05) is 18.2 Å². The number of para-hydroxylation sites is 1. The Balaban J connectivity index is 1.62. The van der Waals surface area contributed by atoms with Crippen molar-refractivity contribution in [3.8, 4) is 34.8 Å². The van der Waals surface area contributed by atoms with E-state index in [-0.39, 0.29) is 0 Å². The van der Waals surface area contributed by atoms with Gasteiger partial charge < -0.3 is 13.9 Å². The van der Waals surface area contributed by atoms with Crippen LogP contribution < -0.4 is 14.2 Å². The fourth-order valence-electron chi connectivity index (χ4n) is 3.21. The topological polar surface area (TPSA) is 111 Å². The number of aryl methyl sites for hydroxylation is 1. The fourth-order valence-corrected chi connectivity index (χ4v) is 4.02. The summed E-state index contributed by atoms with van der Waals surface area (Å²) in [6.07, 6.45) is 3.67. The zero-order valence-corrected chi connectivity index (χ0v) is 19.4. The van der Waals surface area contributed by atoms with Gasteiger partial charge in [-0.3, -0.25) is 14.3 Å². The molecule has 0 saturated heterocycles. The molecule has 0 unspecified atom stereocenters. The van der Waals surface area contributed by atoms with E-state index in [0.717, 1.165) is 0 Å². The molecule has 11 heteroatoms. The Morgan fingerprint density at radius 3 is 2.64 bits per heavy atom. The van der Waals surface area contributed by atoms with Gasteiger partial charge in [-0.25, -0.2) is 0 Å². The highest BCUT2D eigenvalue weighted by atomic mass is 35.5. The third-order valence-electron chi connectivity index (χ3n) is 4.69. The lowest BCUT2D eigenvalue weighted by Crippen LogP contribution is -2.07. The predicted octanol–water partition coefficient (Wildman–Crippen LogP) is 4.77. The van der Waals surface area contributed by atoms with Crippen molar-refractivity contribution in [3.05, 3.63) is 65.1 Å². The number of furan rings is 1. The Hall–Kier alpha value is -3.68. The van der Waals surface area contributed by atoms with Gasteiger partial charge in [0.15, 0.2) is 5.76 Å². The van der Waals surface area contributed by atoms with Crippen molar-refractivity contribution in [1.29, 1.82) is 5.26 Å². The number of nitrogens with zero attached hydrogens (tertiary/aromatic N) is 5. The number of benzene rings is 1. The Bertz CT molecular complexity index is 1260. The zero-order valence-electron chi connectivity index (χ0n) is 17.8. The highest BCUT2D eigenvalue weighted by molar-refractivity contribution is 8.00. The second-order valence-corrected chi connectivity index (χ2v) is 7.97. The summed E-state index contributed by atoms with van der Waals surface area (Å²) in [5, 5.41) is 18.4. The van der Waals surface area contributed by atoms with E-state index in [9.17, 15) is 5.26 Å². The second-order valence-electron chi connectivity index (χ2n) is 6.63. The van der Waals surface area contributed by atoms with Crippen molar-refractivity contribution < 1.29 is 13.9 Å². The average Bonchev–Trinajstić information content (AvgIpc) is 3.51. The molecule has 1 aromatic carbocycles. The van der Waals surface area contributed by atoms with Gasteiger partial charge in [-0.2, -0.15) is 5.26 Å². The number of hydrogen-bond donors (Lipinski definition) is 1. The monoisotopic (exact) mass is 482 g/mol. The molecule has 0 radical (unpaired) electrons. The molecule has 0 aliphatic heterocycles. The number of pyridine rings is 1. The van der Waals surface area contributed by atoms with Crippen molar-refractivity contribution in [1.82, 2.24) is 19.7 Å². The SMILES string of the molecule is COc1cccc(OC)c1-n1c(NSCCc2ncc(Cl)cc2C#N)nnc1-c1ccco1. The van der Waals surface area contributed by atoms with Gasteiger partial charge in [-0.1, -0.05) is 17.7 Å². The minimum Gasteiger partial charge on any atom is -0.494 e. The van der Waals surface area contributed by atoms with E-state index < -0.39 is 0 Å². The van der Waals surface area contributed by atoms with E-state index >= 15 is 0 Å². The molecule has 3 aromatic heterocycles. The van der Waals surface area contributed by atoms with Gasteiger partial charge in [0.1, 0.15) is 23.3 Å². The maximum atomic E-state index is 9.31. The molecular formula is C22H19ClN6O3S. The summed E-state index contributed by atoms with van der Waals surface area (Å²) in [5.41, 5.74) is 1.78. The molecule has 0 aliphatic carbocycles. The molecular weight excluding hydrogens is 464 g/mol. The van der Waals surface area contributed by atoms with Crippen molar-refractivity contribution >= 4 is 29.5 Å². The van der Waals surface area contributed by atoms with Crippen LogP contribution in [0.2, 0.25) is 5.02 Å². The van der Waals surface area contributed by atoms with Gasteiger partial charge in [0, 0.05) is 18.4 Å². The number of nitrogens with one attached hydrogen (secondary N) is 1. The van der Waals surface area contributed by atoms with Crippen LogP contribution in [0.3, 0.4) is 0 Å². The predicted molar refractivity (Wildman–Crippen MR) is 126 cm³/mol. The lowest BCUT2D eigenvalue weighted by Gasteiger charge is -2.16. The first-order valence-corrected chi connectivity index (χ1v) is 11.2. The Kier molecular flexibility index (Phi) is 7.02. The van der Waals surface area contributed by atoms with E-state index in [2.05, 4.69) is 26.0 Å². The van der Waals surface area contributed by atoms with Crippen molar-refractivity contribution in [2.75, 3.05) is 24.7 Å². The van der Waals surface area contributed by atoms with E-state index in [1.54, 1.807) is 43.2 Å². The lowest BCUT2D eigenvalue weighted by molar-refractivity contribution is 0.391. The van der Waals surface area contributed by atoms with Crippen LogP contribution in [0.4, 0.5) is 5.95 Å². The normalized spacial score (nSPS) is 10.6. The number of methoxy groups -OCH3 is 2. The van der Waals surface area contributed by atoms with Gasteiger partial charge in [0.05, 0.1) is 36.8 Å². The average molecular weight is 483 g/mol. The number of hydrogen-bond acceptors (Lipinski definition) is 9. The molecule has 1 N–H and O–H groups in total. The highest BCUT2D eigenvalue weighted by Crippen LogP contribution is 2.38. The smallest absolute Gasteiger partial charge is 0.239 e. The van der Waals surface area contributed by atoms with Crippen LogP contribution in [-0.4, -0.2) is 39.7 Å². The minimum absolute atomic E-state index is 0.436. The largest absolute Gasteiger partial charge is 0.494 e. The van der Waals surface area contributed by atoms with Crippen LogP contribution in [0, 0.1) is 11.3 Å². The van der Waals surface area contributed by atoms with Crippen molar-refractivity contribution in [2.45, 2.75) is 6.42 Å². The molecule has 168 valence electrons. The summed E-state index contributed by atoms with van der Waals surface area (Å²) in [6.45, 7) is 0. The minimum atomic E-state index is 0.436. The summed E-state index contributed by atoms with van der Waals surface area (Å²) in [6, 6.07) is 12.8. The molecule has 0 fully saturated rings. The number of rotatable bonds is 9. The maximum Gasteiger partial charge on any atom is 0.239 e. The zero-order chi connectivity index (χ0) is 23.2. The summed E-state index contributed by atoms with van der Waals surface area (Å²) in [7, 11) is 3.17. The molecule has 0 amide bonds. The first-order valence-electron chi connectivity index (χ1n) is 9.79. The first kappa shape index (κ1) is 22.5. The van der Waals surface area contributed by atoms with E-state index in [4.69, 9.17) is 25.5 Å². The molecule has 9 nitrogen and oxygen atoms in total. The molecule has 0 spiro atoms. The van der Waals surface area contributed by atoms with Gasteiger partial charge >= 0.3 is 0 Å². The number of anilines is 1. The molecule has 0 aliphatic rings. The number of aromatic nitrogens is 4. The first-order chi connectivity index (χ1) is 16.2. The molecule has 0 atom stereocenters. The Morgan fingerprint density at radius 1 is 1.18 bits per heavy atom. The second kappa shape index (κ2) is 10.3. The molecule has 4 rings (SSSR count).